The highest BCUT2D eigenvalue weighted by Crippen LogP contribution is 2.48. The van der Waals surface area contributed by atoms with Gasteiger partial charge in [0, 0.05) is 22.3 Å². The summed E-state index contributed by atoms with van der Waals surface area (Å²) in [5, 5.41) is 23.4. The van der Waals surface area contributed by atoms with E-state index >= 15 is 0 Å². The van der Waals surface area contributed by atoms with E-state index in [1.54, 1.807) is 0 Å². The van der Waals surface area contributed by atoms with Gasteiger partial charge in [-0.3, -0.25) is 0 Å². The number of hydrogen-bond acceptors (Lipinski definition) is 2. The number of rotatable bonds is 5. The van der Waals surface area contributed by atoms with Crippen LogP contribution in [0.2, 0.25) is 0 Å². The maximum absolute atomic E-state index is 11.7. The van der Waals surface area contributed by atoms with Gasteiger partial charge >= 0.3 is 0 Å². The van der Waals surface area contributed by atoms with Crippen LogP contribution in [0.3, 0.4) is 0 Å². The zero-order valence-electron chi connectivity index (χ0n) is 20.8. The predicted octanol–water partition coefficient (Wildman–Crippen LogP) is 9.43. The second-order valence-corrected chi connectivity index (χ2v) is 9.30. The maximum Gasteiger partial charge on any atom is 0.131 e. The SMILES string of the molecule is Oc1c(-c2ccccc2)cc(-c2ccccc2)cc1-c1cc(-c2ccccc2)cc(-c2ccccc2)c1O. The van der Waals surface area contributed by atoms with Gasteiger partial charge in [-0.25, -0.2) is 0 Å². The van der Waals surface area contributed by atoms with Crippen LogP contribution in [0.4, 0.5) is 0 Å². The Morgan fingerprint density at radius 2 is 0.526 bits per heavy atom. The van der Waals surface area contributed by atoms with E-state index in [9.17, 15) is 10.2 Å². The minimum absolute atomic E-state index is 0.135. The van der Waals surface area contributed by atoms with E-state index in [1.165, 1.54) is 0 Å². The van der Waals surface area contributed by atoms with Crippen LogP contribution in [0.25, 0.3) is 55.6 Å². The Morgan fingerprint density at radius 1 is 0.263 bits per heavy atom. The van der Waals surface area contributed by atoms with Gasteiger partial charge in [0.2, 0.25) is 0 Å². The summed E-state index contributed by atoms with van der Waals surface area (Å²) in [6, 6.07) is 47.9. The summed E-state index contributed by atoms with van der Waals surface area (Å²) in [6.07, 6.45) is 0. The molecule has 0 atom stereocenters. The molecule has 0 saturated heterocycles. The quantitative estimate of drug-likeness (QED) is 0.253. The molecule has 0 aromatic heterocycles. The van der Waals surface area contributed by atoms with Crippen molar-refractivity contribution in [3.05, 3.63) is 146 Å². The molecule has 38 heavy (non-hydrogen) atoms. The van der Waals surface area contributed by atoms with Crippen LogP contribution in [0.5, 0.6) is 11.5 Å². The molecule has 2 nitrogen and oxygen atoms in total. The third-order valence-electron chi connectivity index (χ3n) is 6.89. The molecule has 0 saturated carbocycles. The van der Waals surface area contributed by atoms with Gasteiger partial charge in [-0.05, 0) is 57.6 Å². The van der Waals surface area contributed by atoms with Gasteiger partial charge < -0.3 is 10.2 Å². The largest absolute Gasteiger partial charge is 0.507 e. The van der Waals surface area contributed by atoms with Crippen LogP contribution in [-0.4, -0.2) is 10.2 Å². The molecule has 0 aliphatic rings. The lowest BCUT2D eigenvalue weighted by Crippen LogP contribution is -1.91. The van der Waals surface area contributed by atoms with E-state index in [2.05, 4.69) is 24.3 Å². The summed E-state index contributed by atoms with van der Waals surface area (Å²) >= 11 is 0. The molecule has 0 aliphatic carbocycles. The van der Waals surface area contributed by atoms with Crippen LogP contribution in [0, 0.1) is 0 Å². The van der Waals surface area contributed by atoms with Gasteiger partial charge in [0.15, 0.2) is 0 Å². The highest BCUT2D eigenvalue weighted by Gasteiger charge is 2.20. The van der Waals surface area contributed by atoms with Gasteiger partial charge in [-0.1, -0.05) is 121 Å². The van der Waals surface area contributed by atoms with Crippen molar-refractivity contribution in [1.82, 2.24) is 0 Å². The van der Waals surface area contributed by atoms with Gasteiger partial charge in [-0.15, -0.1) is 0 Å². The minimum Gasteiger partial charge on any atom is -0.507 e. The first-order valence-corrected chi connectivity index (χ1v) is 12.6. The Morgan fingerprint density at radius 3 is 0.842 bits per heavy atom. The summed E-state index contributed by atoms with van der Waals surface area (Å²) < 4.78 is 0. The van der Waals surface area contributed by atoms with Crippen molar-refractivity contribution in [3.63, 3.8) is 0 Å². The second kappa shape index (κ2) is 10.1. The van der Waals surface area contributed by atoms with Gasteiger partial charge in [0.05, 0.1) is 0 Å². The summed E-state index contributed by atoms with van der Waals surface area (Å²) in [4.78, 5) is 0. The van der Waals surface area contributed by atoms with Crippen LogP contribution in [0.1, 0.15) is 0 Å². The molecule has 0 unspecified atom stereocenters. The van der Waals surface area contributed by atoms with Crippen LogP contribution in [0.15, 0.2) is 146 Å². The van der Waals surface area contributed by atoms with Crippen molar-refractivity contribution in [2.24, 2.45) is 0 Å². The van der Waals surface area contributed by atoms with E-state index < -0.39 is 0 Å². The standard InChI is InChI=1S/C36H26O2/c37-35-31(27-17-9-3-10-18-27)21-29(25-13-5-1-6-14-25)23-33(35)34-24-30(26-15-7-2-8-16-26)22-32(36(34)38)28-19-11-4-12-20-28/h1-24,37-38H. The molecule has 0 heterocycles. The van der Waals surface area contributed by atoms with Crippen molar-refractivity contribution in [2.45, 2.75) is 0 Å². The molecule has 0 radical (unpaired) electrons. The highest BCUT2D eigenvalue weighted by molar-refractivity contribution is 5.94. The Labute approximate surface area is 222 Å². The van der Waals surface area contributed by atoms with E-state index in [4.69, 9.17) is 0 Å². The Bertz CT molecular complexity index is 1560. The molecule has 0 spiro atoms. The van der Waals surface area contributed by atoms with E-state index in [-0.39, 0.29) is 11.5 Å². The van der Waals surface area contributed by atoms with E-state index in [1.807, 2.05) is 121 Å². The third-order valence-corrected chi connectivity index (χ3v) is 6.89. The van der Waals surface area contributed by atoms with Crippen LogP contribution >= 0.6 is 0 Å². The summed E-state index contributed by atoms with van der Waals surface area (Å²) in [5.41, 5.74) is 8.40. The van der Waals surface area contributed by atoms with E-state index in [0.29, 0.717) is 22.3 Å². The summed E-state index contributed by atoms with van der Waals surface area (Å²) in [7, 11) is 0. The predicted molar refractivity (Wildman–Crippen MR) is 157 cm³/mol. The molecule has 0 fully saturated rings. The molecule has 2 heteroatoms. The molecule has 2 N–H and O–H groups in total. The number of hydrogen-bond donors (Lipinski definition) is 2. The lowest BCUT2D eigenvalue weighted by Gasteiger charge is -2.18. The first-order valence-electron chi connectivity index (χ1n) is 12.6. The first-order chi connectivity index (χ1) is 18.7. The smallest absolute Gasteiger partial charge is 0.131 e. The number of phenolic OH excluding ortho intramolecular Hbond substituents is 2. The molecular weight excluding hydrogens is 464 g/mol. The van der Waals surface area contributed by atoms with Gasteiger partial charge in [-0.2, -0.15) is 0 Å². The normalized spacial score (nSPS) is 10.8. The molecule has 0 amide bonds. The lowest BCUT2D eigenvalue weighted by atomic mass is 9.88. The molecule has 6 rings (SSSR count). The minimum atomic E-state index is 0.135. The van der Waals surface area contributed by atoms with Crippen LogP contribution in [-0.2, 0) is 0 Å². The molecular formula is C36H26O2. The zero-order chi connectivity index (χ0) is 25.9. The van der Waals surface area contributed by atoms with Crippen molar-refractivity contribution in [2.75, 3.05) is 0 Å². The average molecular weight is 491 g/mol. The maximum atomic E-state index is 11.7. The number of aromatic hydroxyl groups is 2. The molecule has 0 bridgehead atoms. The summed E-state index contributed by atoms with van der Waals surface area (Å²) in [6.45, 7) is 0. The van der Waals surface area contributed by atoms with Crippen molar-refractivity contribution < 1.29 is 10.2 Å². The van der Waals surface area contributed by atoms with Gasteiger partial charge in [0.25, 0.3) is 0 Å². The second-order valence-electron chi connectivity index (χ2n) is 9.30. The summed E-state index contributed by atoms with van der Waals surface area (Å²) in [5.74, 6) is 0.269. The number of benzene rings is 6. The highest BCUT2D eigenvalue weighted by atomic mass is 16.3. The molecule has 182 valence electrons. The molecule has 6 aromatic carbocycles. The fourth-order valence-corrected chi connectivity index (χ4v) is 4.95. The van der Waals surface area contributed by atoms with Crippen molar-refractivity contribution in [1.29, 1.82) is 0 Å². The Kier molecular flexibility index (Phi) is 6.21. The third kappa shape index (κ3) is 4.44. The van der Waals surface area contributed by atoms with Crippen LogP contribution < -0.4 is 0 Å². The Hall–Kier alpha value is -5.08. The van der Waals surface area contributed by atoms with Gasteiger partial charge in [0.1, 0.15) is 11.5 Å². The monoisotopic (exact) mass is 490 g/mol. The zero-order valence-corrected chi connectivity index (χ0v) is 20.8. The topological polar surface area (TPSA) is 40.5 Å². The van der Waals surface area contributed by atoms with Crippen molar-refractivity contribution in [3.8, 4) is 67.1 Å². The average Bonchev–Trinajstić information content (AvgIpc) is 2.99. The lowest BCUT2D eigenvalue weighted by molar-refractivity contribution is 0.471. The fourth-order valence-electron chi connectivity index (χ4n) is 4.95. The molecule has 0 aliphatic heterocycles. The van der Waals surface area contributed by atoms with E-state index in [0.717, 1.165) is 33.4 Å². The van der Waals surface area contributed by atoms with Crippen molar-refractivity contribution >= 4 is 0 Å². The molecule has 6 aromatic rings. The first kappa shape index (κ1) is 23.3. The Balaban J connectivity index is 1.66. The fraction of sp³-hybridized carbons (Fsp3) is 0. The number of phenols is 2.